The highest BCUT2D eigenvalue weighted by molar-refractivity contribution is 8.03. The monoisotopic (exact) mass is 387 g/mol. The average molecular weight is 388 g/mol. The van der Waals surface area contributed by atoms with Crippen LogP contribution < -0.4 is 0 Å². The minimum absolute atomic E-state index is 0.304. The lowest BCUT2D eigenvalue weighted by Gasteiger charge is -2.15. The van der Waals surface area contributed by atoms with Gasteiger partial charge in [-0.1, -0.05) is 29.8 Å². The largest absolute Gasteiger partial charge is 0.354 e. The number of pyridine rings is 1. The molecule has 9 heteroatoms. The van der Waals surface area contributed by atoms with Crippen molar-refractivity contribution in [1.82, 2.24) is 19.7 Å². The second kappa shape index (κ2) is 6.68. The zero-order valence-corrected chi connectivity index (χ0v) is 14.8. The third kappa shape index (κ3) is 2.94. The second-order valence-electron chi connectivity index (χ2n) is 5.67. The van der Waals surface area contributed by atoms with Crippen molar-refractivity contribution in [1.29, 1.82) is 5.26 Å². The maximum Gasteiger partial charge on any atom is 0.200 e. The Morgan fingerprint density at radius 2 is 2.12 bits per heavy atom. The Hall–Kier alpha value is -2.47. The Labute approximate surface area is 157 Å². The van der Waals surface area contributed by atoms with Crippen molar-refractivity contribution >= 4 is 23.4 Å². The fourth-order valence-corrected chi connectivity index (χ4v) is 3.57. The van der Waals surface area contributed by atoms with E-state index in [1.165, 1.54) is 18.5 Å². The Morgan fingerprint density at radius 1 is 1.31 bits per heavy atom. The first kappa shape index (κ1) is 17.0. The van der Waals surface area contributed by atoms with Crippen LogP contribution in [0, 0.1) is 16.5 Å². The molecule has 0 bridgehead atoms. The van der Waals surface area contributed by atoms with Gasteiger partial charge < -0.3 is 4.74 Å². The molecule has 0 spiro atoms. The summed E-state index contributed by atoms with van der Waals surface area (Å²) in [5.41, 5.74) is 0.735. The van der Waals surface area contributed by atoms with Gasteiger partial charge in [0.05, 0.1) is 6.54 Å². The van der Waals surface area contributed by atoms with E-state index in [-0.39, 0.29) is 11.9 Å². The van der Waals surface area contributed by atoms with Crippen molar-refractivity contribution < 1.29 is 9.13 Å². The maximum absolute atomic E-state index is 13.4. The minimum atomic E-state index is -0.793. The normalized spacial score (nSPS) is 21.3. The summed E-state index contributed by atoms with van der Waals surface area (Å²) < 4.78 is 21.1. The predicted molar refractivity (Wildman–Crippen MR) is 92.6 cm³/mol. The highest BCUT2D eigenvalue weighted by Gasteiger charge is 2.60. The first-order valence-corrected chi connectivity index (χ1v) is 8.81. The molecule has 2 aromatic heterocycles. The van der Waals surface area contributed by atoms with Crippen molar-refractivity contribution in [3.63, 3.8) is 0 Å². The van der Waals surface area contributed by atoms with E-state index >= 15 is 0 Å². The maximum atomic E-state index is 13.4. The fourth-order valence-electron chi connectivity index (χ4n) is 2.95. The summed E-state index contributed by atoms with van der Waals surface area (Å²) in [6.45, 7) is 0.304. The molecule has 130 valence electrons. The molecule has 1 fully saturated rings. The SMILES string of the molecule is N#CSc1ncnn1C[C@@]1(c2ccc(F)cc2)O[C@H]1c1cccnc1Cl. The number of nitriles is 1. The number of hydrogen-bond donors (Lipinski definition) is 0. The van der Waals surface area contributed by atoms with Crippen LogP contribution in [0.1, 0.15) is 17.2 Å². The van der Waals surface area contributed by atoms with Gasteiger partial charge in [-0.15, -0.1) is 0 Å². The van der Waals surface area contributed by atoms with Crippen LogP contribution in [-0.2, 0) is 16.9 Å². The second-order valence-corrected chi connectivity index (χ2v) is 6.78. The lowest BCUT2D eigenvalue weighted by Crippen LogP contribution is -2.20. The van der Waals surface area contributed by atoms with Gasteiger partial charge in [0.25, 0.3) is 0 Å². The van der Waals surface area contributed by atoms with Gasteiger partial charge in [-0.3, -0.25) is 0 Å². The molecule has 4 rings (SSSR count). The van der Waals surface area contributed by atoms with Gasteiger partial charge in [0.2, 0.25) is 5.16 Å². The van der Waals surface area contributed by atoms with E-state index in [1.54, 1.807) is 29.1 Å². The molecule has 1 aliphatic rings. The van der Waals surface area contributed by atoms with Gasteiger partial charge in [0.1, 0.15) is 34.4 Å². The number of nitrogens with zero attached hydrogens (tertiary/aromatic N) is 5. The number of ether oxygens (including phenoxy) is 1. The van der Waals surface area contributed by atoms with Gasteiger partial charge in [0, 0.05) is 23.5 Å². The molecule has 6 nitrogen and oxygen atoms in total. The van der Waals surface area contributed by atoms with Crippen LogP contribution in [0.3, 0.4) is 0 Å². The molecule has 1 aromatic carbocycles. The minimum Gasteiger partial charge on any atom is -0.354 e. The van der Waals surface area contributed by atoms with Crippen LogP contribution in [0.4, 0.5) is 4.39 Å². The van der Waals surface area contributed by atoms with Crippen LogP contribution in [0.25, 0.3) is 0 Å². The molecule has 0 N–H and O–H groups in total. The average Bonchev–Trinajstić information content (AvgIpc) is 3.19. The first-order chi connectivity index (χ1) is 12.6. The van der Waals surface area contributed by atoms with E-state index in [2.05, 4.69) is 15.1 Å². The lowest BCUT2D eigenvalue weighted by atomic mass is 9.92. The molecule has 0 aliphatic carbocycles. The summed E-state index contributed by atoms with van der Waals surface area (Å²) in [6.07, 6.45) is 2.62. The van der Waals surface area contributed by atoms with E-state index < -0.39 is 5.60 Å². The molecule has 1 aliphatic heterocycles. The number of hydrogen-bond acceptors (Lipinski definition) is 6. The summed E-state index contributed by atoms with van der Waals surface area (Å²) in [5, 5.41) is 15.9. The lowest BCUT2D eigenvalue weighted by molar-refractivity contribution is 0.256. The Morgan fingerprint density at radius 3 is 2.85 bits per heavy atom. The summed E-state index contributed by atoms with van der Waals surface area (Å²) in [7, 11) is 0. The van der Waals surface area contributed by atoms with E-state index in [9.17, 15) is 4.39 Å². The number of aromatic nitrogens is 4. The van der Waals surface area contributed by atoms with Gasteiger partial charge in [-0.25, -0.2) is 19.0 Å². The molecule has 0 radical (unpaired) electrons. The van der Waals surface area contributed by atoms with Crippen molar-refractivity contribution in [2.75, 3.05) is 0 Å². The number of thiocyanates is 1. The molecule has 0 unspecified atom stereocenters. The molecule has 3 heterocycles. The van der Waals surface area contributed by atoms with E-state index in [4.69, 9.17) is 21.6 Å². The molecular formula is C17H11ClFN5OS. The standard InChI is InChI=1S/C17H11ClFN5OS/c18-15-13(2-1-7-21-15)14-17(25-14,11-3-5-12(19)6-4-11)8-24-16(26-9-20)22-10-23-24/h1-7,10,14H,8H2/t14-,17-/m0/s1. The number of thioether (sulfide) groups is 1. The van der Waals surface area contributed by atoms with Crippen LogP contribution >= 0.6 is 23.4 Å². The van der Waals surface area contributed by atoms with Crippen LogP contribution in [0.5, 0.6) is 0 Å². The van der Waals surface area contributed by atoms with Crippen molar-refractivity contribution in [3.05, 3.63) is 71.0 Å². The number of halogens is 2. The third-order valence-electron chi connectivity index (χ3n) is 4.20. The van der Waals surface area contributed by atoms with E-state index in [0.29, 0.717) is 16.9 Å². The Balaban J connectivity index is 1.74. The van der Waals surface area contributed by atoms with Gasteiger partial charge in [0.15, 0.2) is 0 Å². The van der Waals surface area contributed by atoms with Crippen LogP contribution in [0.2, 0.25) is 5.15 Å². The molecule has 3 aromatic rings. The fraction of sp³-hybridized carbons (Fsp3) is 0.176. The predicted octanol–water partition coefficient (Wildman–Crippen LogP) is 3.71. The van der Waals surface area contributed by atoms with Crippen molar-refractivity contribution in [3.8, 4) is 5.40 Å². The first-order valence-electron chi connectivity index (χ1n) is 7.62. The molecule has 26 heavy (non-hydrogen) atoms. The summed E-state index contributed by atoms with van der Waals surface area (Å²) in [5.74, 6) is -0.331. The van der Waals surface area contributed by atoms with Gasteiger partial charge >= 0.3 is 0 Å². The third-order valence-corrected chi connectivity index (χ3v) is 5.11. The van der Waals surface area contributed by atoms with Gasteiger partial charge in [-0.2, -0.15) is 10.4 Å². The quantitative estimate of drug-likeness (QED) is 0.287. The molecular weight excluding hydrogens is 377 g/mol. The summed E-state index contributed by atoms with van der Waals surface area (Å²) in [6, 6.07) is 9.74. The topological polar surface area (TPSA) is 79.9 Å². The summed E-state index contributed by atoms with van der Waals surface area (Å²) in [4.78, 5) is 8.18. The van der Waals surface area contributed by atoms with Crippen LogP contribution in [0.15, 0.2) is 54.1 Å². The molecule has 0 amide bonds. The van der Waals surface area contributed by atoms with Crippen molar-refractivity contribution in [2.45, 2.75) is 23.4 Å². The highest BCUT2D eigenvalue weighted by atomic mass is 35.5. The Bertz CT molecular complexity index is 989. The van der Waals surface area contributed by atoms with Crippen molar-refractivity contribution in [2.24, 2.45) is 0 Å². The number of epoxide rings is 1. The molecule has 2 atom stereocenters. The molecule has 0 saturated carbocycles. The molecule has 1 saturated heterocycles. The van der Waals surface area contributed by atoms with E-state index in [1.807, 2.05) is 11.5 Å². The van der Waals surface area contributed by atoms with E-state index in [0.717, 1.165) is 22.9 Å². The van der Waals surface area contributed by atoms with Gasteiger partial charge in [-0.05, 0) is 23.8 Å². The summed E-state index contributed by atoms with van der Waals surface area (Å²) >= 11 is 7.14. The number of rotatable bonds is 5. The van der Waals surface area contributed by atoms with Crippen LogP contribution in [-0.4, -0.2) is 19.7 Å². The zero-order chi connectivity index (χ0) is 18.1. The Kier molecular flexibility index (Phi) is 4.36. The smallest absolute Gasteiger partial charge is 0.200 e. The number of benzene rings is 1. The zero-order valence-electron chi connectivity index (χ0n) is 13.2. The highest BCUT2D eigenvalue weighted by Crippen LogP contribution is 2.59.